The summed E-state index contributed by atoms with van der Waals surface area (Å²) in [6, 6.07) is 31.8. The lowest BCUT2D eigenvalue weighted by atomic mass is 9.53. The summed E-state index contributed by atoms with van der Waals surface area (Å²) < 4.78 is 0. The molecule has 1 amide bonds. The van der Waals surface area contributed by atoms with Crippen LogP contribution in [0.5, 0.6) is 0 Å². The summed E-state index contributed by atoms with van der Waals surface area (Å²) in [6.45, 7) is 0. The molecule has 2 heteroatoms. The van der Waals surface area contributed by atoms with Crippen molar-refractivity contribution in [2.45, 2.75) is 55.9 Å². The predicted octanol–water partition coefficient (Wildman–Crippen LogP) is 6.50. The van der Waals surface area contributed by atoms with Crippen LogP contribution in [0.1, 0.15) is 61.6 Å². The first-order chi connectivity index (χ1) is 16.2. The predicted molar refractivity (Wildman–Crippen MR) is 133 cm³/mol. The maximum Gasteiger partial charge on any atom is 0.222 e. The molecule has 4 bridgehead atoms. The molecule has 0 atom stereocenters. The minimum atomic E-state index is -0.518. The van der Waals surface area contributed by atoms with Gasteiger partial charge in [-0.05, 0) is 73.0 Å². The van der Waals surface area contributed by atoms with Crippen molar-refractivity contribution in [3.05, 3.63) is 108 Å². The van der Waals surface area contributed by atoms with Crippen LogP contribution in [0.15, 0.2) is 91.0 Å². The molecule has 0 spiro atoms. The number of amides is 1. The lowest BCUT2D eigenvalue weighted by Gasteiger charge is -2.57. The van der Waals surface area contributed by atoms with E-state index in [0.717, 1.165) is 17.8 Å². The van der Waals surface area contributed by atoms with E-state index in [4.69, 9.17) is 0 Å². The van der Waals surface area contributed by atoms with E-state index < -0.39 is 5.41 Å². The number of benzene rings is 3. The Morgan fingerprint density at radius 1 is 0.667 bits per heavy atom. The van der Waals surface area contributed by atoms with Gasteiger partial charge in [-0.2, -0.15) is 0 Å². The Bertz CT molecular complexity index is 973. The second kappa shape index (κ2) is 8.17. The standard InChI is InChI=1S/C31H33NO/c33-29(32-30-19-23-16-24(20-30)18-25(17-23)21-30)22-31(26-10-4-1-5-11-26,27-12-6-2-7-13-27)28-14-8-3-9-15-28/h1-15,23-25H,16-22H2,(H,32,33). The number of hydrogen-bond acceptors (Lipinski definition) is 1. The van der Waals surface area contributed by atoms with E-state index in [1.807, 2.05) is 0 Å². The third-order valence-corrected chi connectivity index (χ3v) is 8.67. The van der Waals surface area contributed by atoms with E-state index in [0.29, 0.717) is 6.42 Å². The first-order valence-electron chi connectivity index (χ1n) is 12.6. The van der Waals surface area contributed by atoms with Gasteiger partial charge in [0.25, 0.3) is 0 Å². The fraction of sp³-hybridized carbons (Fsp3) is 0.387. The Balaban J connectivity index is 1.40. The molecule has 0 unspecified atom stereocenters. The lowest BCUT2D eigenvalue weighted by Crippen LogP contribution is -2.60. The third kappa shape index (κ3) is 3.70. The molecule has 4 saturated carbocycles. The highest BCUT2D eigenvalue weighted by molar-refractivity contribution is 5.81. The van der Waals surface area contributed by atoms with Crippen molar-refractivity contribution in [2.24, 2.45) is 17.8 Å². The highest BCUT2D eigenvalue weighted by Crippen LogP contribution is 2.55. The van der Waals surface area contributed by atoms with Crippen LogP contribution in [-0.4, -0.2) is 11.4 Å². The molecular formula is C31H33NO. The van der Waals surface area contributed by atoms with Gasteiger partial charge in [0, 0.05) is 12.0 Å². The van der Waals surface area contributed by atoms with Gasteiger partial charge in [0.1, 0.15) is 0 Å². The number of rotatable bonds is 6. The normalized spacial score (nSPS) is 27.9. The monoisotopic (exact) mass is 435 g/mol. The summed E-state index contributed by atoms with van der Waals surface area (Å²) >= 11 is 0. The Morgan fingerprint density at radius 3 is 1.39 bits per heavy atom. The van der Waals surface area contributed by atoms with Gasteiger partial charge >= 0.3 is 0 Å². The van der Waals surface area contributed by atoms with Crippen LogP contribution in [-0.2, 0) is 10.2 Å². The summed E-state index contributed by atoms with van der Waals surface area (Å²) in [5.74, 6) is 2.64. The highest BCUT2D eigenvalue weighted by atomic mass is 16.1. The minimum absolute atomic E-state index is 0.0294. The number of carbonyl (C=O) groups is 1. The Morgan fingerprint density at radius 2 is 1.03 bits per heavy atom. The van der Waals surface area contributed by atoms with Crippen LogP contribution in [0.3, 0.4) is 0 Å². The molecule has 0 heterocycles. The van der Waals surface area contributed by atoms with Gasteiger partial charge in [-0.15, -0.1) is 0 Å². The van der Waals surface area contributed by atoms with Crippen LogP contribution < -0.4 is 5.32 Å². The van der Waals surface area contributed by atoms with Gasteiger partial charge in [-0.1, -0.05) is 91.0 Å². The maximum absolute atomic E-state index is 14.0. The fourth-order valence-corrected chi connectivity index (χ4v) is 7.82. The summed E-state index contributed by atoms with van der Waals surface area (Å²) in [7, 11) is 0. The third-order valence-electron chi connectivity index (χ3n) is 8.67. The zero-order chi connectivity index (χ0) is 22.3. The van der Waals surface area contributed by atoms with Crippen LogP contribution >= 0.6 is 0 Å². The molecular weight excluding hydrogens is 402 g/mol. The van der Waals surface area contributed by atoms with Crippen molar-refractivity contribution in [1.82, 2.24) is 5.32 Å². The Kier molecular flexibility index (Phi) is 5.13. The smallest absolute Gasteiger partial charge is 0.222 e. The average Bonchev–Trinajstić information content (AvgIpc) is 2.83. The molecule has 168 valence electrons. The lowest BCUT2D eigenvalue weighted by molar-refractivity contribution is -0.127. The van der Waals surface area contributed by atoms with Gasteiger partial charge in [0.15, 0.2) is 0 Å². The number of carbonyl (C=O) groups excluding carboxylic acids is 1. The van der Waals surface area contributed by atoms with E-state index in [1.54, 1.807) is 0 Å². The fourth-order valence-electron chi connectivity index (χ4n) is 7.82. The minimum Gasteiger partial charge on any atom is -0.351 e. The molecule has 4 aliphatic rings. The molecule has 2 nitrogen and oxygen atoms in total. The van der Waals surface area contributed by atoms with Crippen LogP contribution in [0.25, 0.3) is 0 Å². The molecule has 1 N–H and O–H groups in total. The second-order valence-electron chi connectivity index (χ2n) is 10.9. The van der Waals surface area contributed by atoms with E-state index in [1.165, 1.54) is 55.2 Å². The van der Waals surface area contributed by atoms with Crippen molar-refractivity contribution in [2.75, 3.05) is 0 Å². The summed E-state index contributed by atoms with van der Waals surface area (Å²) in [5.41, 5.74) is 3.02. The number of hydrogen-bond donors (Lipinski definition) is 1. The van der Waals surface area contributed by atoms with Crippen molar-refractivity contribution >= 4 is 5.91 Å². The van der Waals surface area contributed by atoms with E-state index in [9.17, 15) is 4.79 Å². The Labute approximate surface area is 197 Å². The van der Waals surface area contributed by atoms with Gasteiger partial charge < -0.3 is 5.32 Å². The maximum atomic E-state index is 14.0. The zero-order valence-corrected chi connectivity index (χ0v) is 19.3. The van der Waals surface area contributed by atoms with Crippen molar-refractivity contribution < 1.29 is 4.79 Å². The van der Waals surface area contributed by atoms with Crippen LogP contribution in [0.2, 0.25) is 0 Å². The molecule has 7 rings (SSSR count). The molecule has 4 fully saturated rings. The molecule has 0 aliphatic heterocycles. The first kappa shape index (κ1) is 20.7. The number of nitrogens with one attached hydrogen (secondary N) is 1. The van der Waals surface area contributed by atoms with Crippen LogP contribution in [0.4, 0.5) is 0 Å². The molecule has 0 aromatic heterocycles. The van der Waals surface area contributed by atoms with Gasteiger partial charge in [0.2, 0.25) is 5.91 Å². The molecule has 3 aromatic carbocycles. The van der Waals surface area contributed by atoms with Crippen molar-refractivity contribution in [1.29, 1.82) is 0 Å². The molecule has 3 aromatic rings. The second-order valence-corrected chi connectivity index (χ2v) is 10.9. The molecule has 0 radical (unpaired) electrons. The molecule has 4 aliphatic carbocycles. The SMILES string of the molecule is O=C(CC(c1ccccc1)(c1ccccc1)c1ccccc1)NC12CC3CC(CC(C3)C1)C2. The van der Waals surface area contributed by atoms with Gasteiger partial charge in [-0.3, -0.25) is 4.79 Å². The summed E-state index contributed by atoms with van der Waals surface area (Å²) in [4.78, 5) is 14.0. The molecule has 0 saturated heterocycles. The van der Waals surface area contributed by atoms with E-state index in [-0.39, 0.29) is 11.4 Å². The summed E-state index contributed by atoms with van der Waals surface area (Å²) in [5, 5.41) is 3.65. The highest BCUT2D eigenvalue weighted by Gasteiger charge is 2.52. The zero-order valence-electron chi connectivity index (χ0n) is 19.3. The van der Waals surface area contributed by atoms with E-state index in [2.05, 4.69) is 96.3 Å². The van der Waals surface area contributed by atoms with E-state index >= 15 is 0 Å². The van der Waals surface area contributed by atoms with Crippen LogP contribution in [0, 0.1) is 17.8 Å². The van der Waals surface area contributed by atoms with Crippen molar-refractivity contribution in [3.8, 4) is 0 Å². The Hall–Kier alpha value is -2.87. The topological polar surface area (TPSA) is 29.1 Å². The quantitative estimate of drug-likeness (QED) is 0.440. The first-order valence-corrected chi connectivity index (χ1v) is 12.6. The average molecular weight is 436 g/mol. The van der Waals surface area contributed by atoms with Gasteiger partial charge in [0.05, 0.1) is 5.41 Å². The van der Waals surface area contributed by atoms with Gasteiger partial charge in [-0.25, -0.2) is 0 Å². The van der Waals surface area contributed by atoms with Crippen molar-refractivity contribution in [3.63, 3.8) is 0 Å². The molecule has 33 heavy (non-hydrogen) atoms. The largest absolute Gasteiger partial charge is 0.351 e. The summed E-state index contributed by atoms with van der Waals surface area (Å²) in [6.07, 6.45) is 8.12.